The van der Waals surface area contributed by atoms with Crippen LogP contribution < -0.4 is 5.32 Å². The number of nitrogens with one attached hydrogen (secondary N) is 1. The Kier molecular flexibility index (Phi) is 6.47. The summed E-state index contributed by atoms with van der Waals surface area (Å²) in [5.74, 6) is -1.92. The second-order valence-corrected chi connectivity index (χ2v) is 4.84. The number of nitro groups is 1. The largest absolute Gasteiger partial charge is 0.313 e. The molecule has 0 bridgehead atoms. The summed E-state index contributed by atoms with van der Waals surface area (Å²) in [4.78, 5) is 11.8. The third-order valence-corrected chi connectivity index (χ3v) is 2.84. The maximum atomic E-state index is 13.5. The Morgan fingerprint density at radius 3 is 2.55 bits per heavy atom. The van der Waals surface area contributed by atoms with E-state index < -0.39 is 22.2 Å². The lowest BCUT2D eigenvalue weighted by Gasteiger charge is -2.09. The summed E-state index contributed by atoms with van der Waals surface area (Å²) in [5.41, 5.74) is -0.596. The molecule has 0 heterocycles. The molecule has 1 aromatic rings. The van der Waals surface area contributed by atoms with Crippen LogP contribution in [0.5, 0.6) is 0 Å². The second-order valence-electron chi connectivity index (χ2n) is 4.84. The molecule has 1 rings (SSSR count). The molecule has 0 atom stereocenters. The summed E-state index contributed by atoms with van der Waals surface area (Å²) in [6.45, 7) is 1.80. The normalized spacial score (nSPS) is 11.1. The van der Waals surface area contributed by atoms with Crippen LogP contribution in [-0.4, -0.2) is 37.0 Å². The smallest absolute Gasteiger partial charge is 0.305 e. The van der Waals surface area contributed by atoms with Crippen molar-refractivity contribution >= 4 is 5.69 Å². The molecular formula is C13H19F2N3O2. The minimum Gasteiger partial charge on any atom is -0.313 e. The van der Waals surface area contributed by atoms with Gasteiger partial charge in [-0.25, -0.2) is 4.39 Å². The van der Waals surface area contributed by atoms with Gasteiger partial charge < -0.3 is 10.2 Å². The molecule has 7 heteroatoms. The number of nitro benzene ring substituents is 1. The van der Waals surface area contributed by atoms with E-state index >= 15 is 0 Å². The molecular weight excluding hydrogens is 268 g/mol. The van der Waals surface area contributed by atoms with E-state index in [2.05, 4.69) is 10.2 Å². The molecule has 0 radical (unpaired) electrons. The molecule has 5 nitrogen and oxygen atoms in total. The Balaban J connectivity index is 2.47. The molecule has 0 aliphatic rings. The van der Waals surface area contributed by atoms with E-state index in [0.29, 0.717) is 12.6 Å². The van der Waals surface area contributed by atoms with Crippen LogP contribution in [0.15, 0.2) is 12.1 Å². The minimum absolute atomic E-state index is 0.103. The van der Waals surface area contributed by atoms with Gasteiger partial charge in [0.15, 0.2) is 0 Å². The molecule has 0 saturated carbocycles. The fourth-order valence-corrected chi connectivity index (χ4v) is 1.76. The molecule has 0 fully saturated rings. The molecule has 20 heavy (non-hydrogen) atoms. The third kappa shape index (κ3) is 5.18. The van der Waals surface area contributed by atoms with Gasteiger partial charge in [-0.15, -0.1) is 0 Å². The van der Waals surface area contributed by atoms with E-state index in [-0.39, 0.29) is 12.1 Å². The second kappa shape index (κ2) is 7.86. The number of hydrogen-bond donors (Lipinski definition) is 1. The van der Waals surface area contributed by atoms with Gasteiger partial charge in [-0.05, 0) is 40.0 Å². The Bertz CT molecular complexity index is 467. The first-order chi connectivity index (χ1) is 9.41. The maximum absolute atomic E-state index is 13.5. The van der Waals surface area contributed by atoms with Gasteiger partial charge in [0.25, 0.3) is 0 Å². The predicted molar refractivity (Wildman–Crippen MR) is 72.5 cm³/mol. The summed E-state index contributed by atoms with van der Waals surface area (Å²) < 4.78 is 26.6. The first kappa shape index (κ1) is 16.5. The van der Waals surface area contributed by atoms with E-state index in [1.54, 1.807) is 0 Å². The van der Waals surface area contributed by atoms with E-state index in [4.69, 9.17) is 0 Å². The van der Waals surface area contributed by atoms with Crippen molar-refractivity contribution in [2.75, 3.05) is 27.2 Å². The van der Waals surface area contributed by atoms with Gasteiger partial charge in [0.2, 0.25) is 5.82 Å². The number of unbranched alkanes of at least 4 members (excludes halogenated alkanes) is 1. The van der Waals surface area contributed by atoms with Gasteiger partial charge in [-0.3, -0.25) is 10.1 Å². The van der Waals surface area contributed by atoms with Gasteiger partial charge in [-0.1, -0.05) is 0 Å². The summed E-state index contributed by atoms with van der Waals surface area (Å²) in [5, 5.41) is 13.6. The molecule has 0 aliphatic carbocycles. The molecule has 0 saturated heterocycles. The fraction of sp³-hybridized carbons (Fsp3) is 0.538. The molecule has 1 N–H and O–H groups in total. The lowest BCUT2D eigenvalue weighted by Crippen LogP contribution is -2.18. The van der Waals surface area contributed by atoms with Crippen molar-refractivity contribution in [3.63, 3.8) is 0 Å². The van der Waals surface area contributed by atoms with Crippen LogP contribution in [0, 0.1) is 21.7 Å². The third-order valence-electron chi connectivity index (χ3n) is 2.84. The van der Waals surface area contributed by atoms with Crippen LogP contribution in [-0.2, 0) is 6.54 Å². The molecule has 0 aromatic heterocycles. The maximum Gasteiger partial charge on any atom is 0.305 e. The van der Waals surface area contributed by atoms with E-state index in [1.165, 1.54) is 0 Å². The van der Waals surface area contributed by atoms with E-state index in [1.807, 2.05) is 14.1 Å². The zero-order chi connectivity index (χ0) is 15.1. The van der Waals surface area contributed by atoms with Crippen molar-refractivity contribution < 1.29 is 13.7 Å². The van der Waals surface area contributed by atoms with E-state index in [0.717, 1.165) is 25.5 Å². The molecule has 1 aromatic carbocycles. The Labute approximate surface area is 116 Å². The Hall–Kier alpha value is -1.60. The highest BCUT2D eigenvalue weighted by molar-refractivity contribution is 5.37. The lowest BCUT2D eigenvalue weighted by atomic mass is 10.1. The van der Waals surface area contributed by atoms with Crippen molar-refractivity contribution in [2.45, 2.75) is 19.4 Å². The molecule has 0 aliphatic heterocycles. The van der Waals surface area contributed by atoms with Crippen LogP contribution >= 0.6 is 0 Å². The lowest BCUT2D eigenvalue weighted by molar-refractivity contribution is -0.387. The Morgan fingerprint density at radius 1 is 1.25 bits per heavy atom. The minimum atomic E-state index is -1.15. The number of hydrogen-bond acceptors (Lipinski definition) is 4. The van der Waals surface area contributed by atoms with Crippen molar-refractivity contribution in [3.8, 4) is 0 Å². The zero-order valence-electron chi connectivity index (χ0n) is 11.7. The summed E-state index contributed by atoms with van der Waals surface area (Å²) >= 11 is 0. The standard InChI is InChI=1S/C13H19F2N3O2/c1-17(2)6-4-3-5-16-9-10-7-13(18(19)20)12(15)8-11(10)14/h7-8,16H,3-6,9H2,1-2H3. The Morgan fingerprint density at radius 2 is 1.95 bits per heavy atom. The highest BCUT2D eigenvalue weighted by Crippen LogP contribution is 2.21. The molecule has 0 unspecified atom stereocenters. The van der Waals surface area contributed by atoms with E-state index in [9.17, 15) is 18.9 Å². The van der Waals surface area contributed by atoms with Crippen LogP contribution in [0.3, 0.4) is 0 Å². The van der Waals surface area contributed by atoms with Crippen LogP contribution in [0.1, 0.15) is 18.4 Å². The SMILES string of the molecule is CN(C)CCCCNCc1cc([N+](=O)[O-])c(F)cc1F. The number of benzene rings is 1. The van der Waals surface area contributed by atoms with Crippen molar-refractivity contribution in [2.24, 2.45) is 0 Å². The molecule has 0 amide bonds. The predicted octanol–water partition coefficient (Wildman–Crippen LogP) is 2.30. The number of halogens is 2. The summed E-state index contributed by atoms with van der Waals surface area (Å²) in [7, 11) is 3.97. The van der Waals surface area contributed by atoms with Gasteiger partial charge in [0.05, 0.1) is 4.92 Å². The van der Waals surface area contributed by atoms with Gasteiger partial charge in [-0.2, -0.15) is 4.39 Å². The van der Waals surface area contributed by atoms with Gasteiger partial charge >= 0.3 is 5.69 Å². The highest BCUT2D eigenvalue weighted by atomic mass is 19.1. The average Bonchev–Trinajstić information content (AvgIpc) is 2.34. The molecule has 112 valence electrons. The number of rotatable bonds is 8. The molecule has 0 spiro atoms. The topological polar surface area (TPSA) is 58.4 Å². The monoisotopic (exact) mass is 287 g/mol. The average molecular weight is 287 g/mol. The summed E-state index contributed by atoms with van der Waals surface area (Å²) in [6, 6.07) is 1.50. The highest BCUT2D eigenvalue weighted by Gasteiger charge is 2.17. The first-order valence-electron chi connectivity index (χ1n) is 6.39. The number of nitrogens with zero attached hydrogens (tertiary/aromatic N) is 2. The van der Waals surface area contributed by atoms with Gasteiger partial charge in [0.1, 0.15) is 5.82 Å². The van der Waals surface area contributed by atoms with Crippen molar-refractivity contribution in [1.82, 2.24) is 10.2 Å². The fourth-order valence-electron chi connectivity index (χ4n) is 1.76. The zero-order valence-corrected chi connectivity index (χ0v) is 11.7. The van der Waals surface area contributed by atoms with Crippen LogP contribution in [0.2, 0.25) is 0 Å². The van der Waals surface area contributed by atoms with Crippen LogP contribution in [0.25, 0.3) is 0 Å². The quantitative estimate of drug-likeness (QED) is 0.453. The van der Waals surface area contributed by atoms with Crippen LogP contribution in [0.4, 0.5) is 14.5 Å². The van der Waals surface area contributed by atoms with Crippen molar-refractivity contribution in [3.05, 3.63) is 39.4 Å². The summed E-state index contributed by atoms with van der Waals surface area (Å²) in [6.07, 6.45) is 1.93. The first-order valence-corrected chi connectivity index (χ1v) is 6.39. The van der Waals surface area contributed by atoms with Crippen molar-refractivity contribution in [1.29, 1.82) is 0 Å². The van der Waals surface area contributed by atoms with Gasteiger partial charge in [0, 0.05) is 24.2 Å².